The zero-order chi connectivity index (χ0) is 6.69. The Morgan fingerprint density at radius 2 is 1.89 bits per heavy atom. The van der Waals surface area contributed by atoms with Crippen LogP contribution in [0.3, 0.4) is 0 Å². The molecule has 0 nitrogen and oxygen atoms in total. The number of hydrogen-bond acceptors (Lipinski definition) is 0. The maximum Gasteiger partial charge on any atom is -0.0279 e. The molecule has 9 heavy (non-hydrogen) atoms. The van der Waals surface area contributed by atoms with Gasteiger partial charge < -0.3 is 0 Å². The lowest BCUT2D eigenvalue weighted by molar-refractivity contribution is 0.681. The highest BCUT2D eigenvalue weighted by Gasteiger charge is 2.06. The third-order valence-corrected chi connectivity index (χ3v) is 1.88. The number of hydrogen-bond donors (Lipinski definition) is 0. The molecule has 0 aromatic carbocycles. The zero-order valence-electron chi connectivity index (χ0n) is 5.82. The van der Waals surface area contributed by atoms with Crippen LogP contribution < -0.4 is 0 Å². The first-order chi connectivity index (χ1) is 4.34. The predicted octanol–water partition coefficient (Wildman–Crippen LogP) is 2.88. The van der Waals surface area contributed by atoms with Crippen LogP contribution in [0.15, 0.2) is 23.8 Å². The molecule has 1 aliphatic carbocycles. The van der Waals surface area contributed by atoms with Crippen molar-refractivity contribution in [1.82, 2.24) is 0 Å². The van der Waals surface area contributed by atoms with E-state index in [1.165, 1.54) is 36.8 Å². The normalized spacial score (nSPS) is 25.0. The van der Waals surface area contributed by atoms with Crippen LogP contribution in [0.5, 0.6) is 0 Å². The molecule has 0 aromatic heterocycles. The quantitative estimate of drug-likeness (QED) is 0.462. The fraction of sp³-hybridized carbons (Fsp3) is 0.444. The molecule has 0 atom stereocenters. The van der Waals surface area contributed by atoms with Crippen molar-refractivity contribution in [2.45, 2.75) is 25.7 Å². The minimum Gasteiger partial charge on any atom is -0.0956 e. The molecule has 1 fully saturated rings. The van der Waals surface area contributed by atoms with Crippen molar-refractivity contribution in [1.29, 1.82) is 0 Å². The summed E-state index contributed by atoms with van der Waals surface area (Å²) in [7, 11) is 0. The van der Waals surface area contributed by atoms with Gasteiger partial charge in [0.25, 0.3) is 0 Å². The molecule has 0 saturated heterocycles. The third kappa shape index (κ3) is 1.44. The Bertz CT molecular complexity index is 140. The van der Waals surface area contributed by atoms with Gasteiger partial charge in [-0.05, 0) is 38.2 Å². The van der Waals surface area contributed by atoms with E-state index < -0.39 is 0 Å². The molecule has 1 aliphatic rings. The second-order valence-electron chi connectivity index (χ2n) is 2.54. The van der Waals surface area contributed by atoms with Gasteiger partial charge in [0.05, 0.1) is 0 Å². The molecule has 0 unspecified atom stereocenters. The van der Waals surface area contributed by atoms with Gasteiger partial charge in [0, 0.05) is 0 Å². The van der Waals surface area contributed by atoms with Crippen LogP contribution in [0.25, 0.3) is 0 Å². The summed E-state index contributed by atoms with van der Waals surface area (Å²) in [4.78, 5) is 0. The summed E-state index contributed by atoms with van der Waals surface area (Å²) in [6.07, 6.45) is 6.96. The average Bonchev–Trinajstić information content (AvgIpc) is 1.89. The molecular formula is C9H13. The van der Waals surface area contributed by atoms with Gasteiger partial charge in [0.1, 0.15) is 0 Å². The molecule has 49 valence electrons. The molecule has 1 rings (SSSR count). The highest BCUT2D eigenvalue weighted by molar-refractivity contribution is 5.30. The van der Waals surface area contributed by atoms with E-state index in [0.717, 1.165) is 0 Å². The van der Waals surface area contributed by atoms with Crippen molar-refractivity contribution in [2.75, 3.05) is 0 Å². The van der Waals surface area contributed by atoms with Gasteiger partial charge in [-0.1, -0.05) is 18.2 Å². The predicted molar refractivity (Wildman–Crippen MR) is 41.0 cm³/mol. The molecule has 0 aromatic rings. The maximum absolute atomic E-state index is 3.96. The van der Waals surface area contributed by atoms with Crippen LogP contribution in [0, 0.1) is 6.92 Å². The van der Waals surface area contributed by atoms with E-state index in [4.69, 9.17) is 0 Å². The summed E-state index contributed by atoms with van der Waals surface area (Å²) in [5.74, 6) is 0. The van der Waals surface area contributed by atoms with Crippen molar-refractivity contribution in [3.8, 4) is 0 Å². The van der Waals surface area contributed by atoms with E-state index in [1.54, 1.807) is 0 Å². The maximum atomic E-state index is 3.96. The summed E-state index contributed by atoms with van der Waals surface area (Å²) < 4.78 is 0. The van der Waals surface area contributed by atoms with Crippen LogP contribution in [0.4, 0.5) is 0 Å². The fourth-order valence-electron chi connectivity index (χ4n) is 1.24. The van der Waals surface area contributed by atoms with Crippen molar-refractivity contribution >= 4 is 0 Å². The smallest absolute Gasteiger partial charge is 0.0279 e. The second-order valence-corrected chi connectivity index (χ2v) is 2.54. The molecule has 0 bridgehead atoms. The summed E-state index contributed by atoms with van der Waals surface area (Å²) in [5, 5.41) is 0. The molecule has 0 N–H and O–H groups in total. The average molecular weight is 121 g/mol. The van der Waals surface area contributed by atoms with Gasteiger partial charge in [-0.15, -0.1) is 0 Å². The summed E-state index contributed by atoms with van der Waals surface area (Å²) in [5.41, 5.74) is 2.68. The van der Waals surface area contributed by atoms with Crippen LogP contribution in [0.2, 0.25) is 0 Å². The Balaban J connectivity index is 2.60. The topological polar surface area (TPSA) is 0 Å². The highest BCUT2D eigenvalue weighted by Crippen LogP contribution is 2.26. The number of rotatable bonds is 0. The van der Waals surface area contributed by atoms with E-state index in [1.807, 2.05) is 6.08 Å². The van der Waals surface area contributed by atoms with Crippen LogP contribution in [-0.2, 0) is 0 Å². The molecule has 0 spiro atoms. The van der Waals surface area contributed by atoms with Gasteiger partial charge in [-0.25, -0.2) is 0 Å². The van der Waals surface area contributed by atoms with Gasteiger partial charge in [-0.2, -0.15) is 0 Å². The molecule has 1 radical (unpaired) electrons. The Morgan fingerprint density at radius 1 is 1.22 bits per heavy atom. The molecule has 0 aliphatic heterocycles. The van der Waals surface area contributed by atoms with E-state index in [9.17, 15) is 0 Å². The first-order valence-corrected chi connectivity index (χ1v) is 3.51. The van der Waals surface area contributed by atoms with Crippen molar-refractivity contribution in [3.05, 3.63) is 30.7 Å². The van der Waals surface area contributed by atoms with E-state index in [2.05, 4.69) is 13.5 Å². The first-order valence-electron chi connectivity index (χ1n) is 3.51. The Kier molecular flexibility index (Phi) is 2.10. The monoisotopic (exact) mass is 121 g/mol. The van der Waals surface area contributed by atoms with Crippen LogP contribution in [-0.4, -0.2) is 0 Å². The van der Waals surface area contributed by atoms with Gasteiger partial charge in [0.2, 0.25) is 0 Å². The summed E-state index contributed by atoms with van der Waals surface area (Å²) in [6.45, 7) is 7.70. The van der Waals surface area contributed by atoms with Crippen molar-refractivity contribution in [3.63, 3.8) is 0 Å². The fourth-order valence-corrected chi connectivity index (χ4v) is 1.24. The zero-order valence-corrected chi connectivity index (χ0v) is 5.82. The molecular weight excluding hydrogens is 108 g/mol. The van der Waals surface area contributed by atoms with E-state index >= 15 is 0 Å². The second kappa shape index (κ2) is 2.86. The van der Waals surface area contributed by atoms with Crippen LogP contribution in [0.1, 0.15) is 25.7 Å². The molecule has 1 saturated carbocycles. The first kappa shape index (κ1) is 6.60. The lowest BCUT2D eigenvalue weighted by Gasteiger charge is -2.15. The minimum absolute atomic E-state index is 1.18. The summed E-state index contributed by atoms with van der Waals surface area (Å²) in [6, 6.07) is 0. The van der Waals surface area contributed by atoms with E-state index in [-0.39, 0.29) is 0 Å². The lowest BCUT2D eigenvalue weighted by atomic mass is 9.91. The Hall–Kier alpha value is -0.520. The van der Waals surface area contributed by atoms with Crippen molar-refractivity contribution in [2.24, 2.45) is 0 Å². The highest BCUT2D eigenvalue weighted by atomic mass is 14.1. The van der Waals surface area contributed by atoms with E-state index in [0.29, 0.717) is 0 Å². The molecule has 0 amide bonds. The largest absolute Gasteiger partial charge is 0.0956 e. The van der Waals surface area contributed by atoms with Crippen LogP contribution >= 0.6 is 0 Å². The molecule has 0 heteroatoms. The summed E-state index contributed by atoms with van der Waals surface area (Å²) >= 11 is 0. The Labute approximate surface area is 57.3 Å². The van der Waals surface area contributed by atoms with Gasteiger partial charge in [-0.3, -0.25) is 0 Å². The number of allylic oxidation sites excluding steroid dienone is 3. The molecule has 0 heterocycles. The standard InChI is InChI=1S/C9H13/c1-3-9-7-5-4-6-8(9)2/h3H,1-2,4-7H2. The van der Waals surface area contributed by atoms with Gasteiger partial charge >= 0.3 is 0 Å². The van der Waals surface area contributed by atoms with Gasteiger partial charge in [0.15, 0.2) is 0 Å². The van der Waals surface area contributed by atoms with Crippen molar-refractivity contribution < 1.29 is 0 Å². The Morgan fingerprint density at radius 3 is 2.33 bits per heavy atom. The lowest BCUT2D eigenvalue weighted by Crippen LogP contribution is -1.96. The third-order valence-electron chi connectivity index (χ3n) is 1.88. The minimum atomic E-state index is 1.18. The SMILES string of the molecule is [CH2]C=C1CCCCC1=C.